The second-order valence-electron chi connectivity index (χ2n) is 4.29. The van der Waals surface area contributed by atoms with Gasteiger partial charge in [-0.25, -0.2) is 8.42 Å². The van der Waals surface area contributed by atoms with Crippen LogP contribution < -0.4 is 4.72 Å². The number of hydrogen-bond donors (Lipinski definition) is 2. The lowest BCUT2D eigenvalue weighted by molar-refractivity contribution is 0.600. The van der Waals surface area contributed by atoms with Crippen LogP contribution >= 0.6 is 0 Å². The molecule has 0 aliphatic rings. The minimum Gasteiger partial charge on any atom is -0.280 e. The average molecular weight is 279 g/mol. The van der Waals surface area contributed by atoms with Crippen molar-refractivity contribution in [3.8, 4) is 0 Å². The number of rotatable bonds is 6. The Labute approximate surface area is 113 Å². The highest BCUT2D eigenvalue weighted by Gasteiger charge is 2.12. The zero-order chi connectivity index (χ0) is 13.7. The summed E-state index contributed by atoms with van der Waals surface area (Å²) >= 11 is 0. The van der Waals surface area contributed by atoms with Gasteiger partial charge in [0, 0.05) is 11.8 Å². The molecule has 5 nitrogen and oxygen atoms in total. The van der Waals surface area contributed by atoms with Crippen LogP contribution in [0.2, 0.25) is 0 Å². The molecule has 1 heterocycles. The van der Waals surface area contributed by atoms with Crippen LogP contribution in [0.1, 0.15) is 18.2 Å². The van der Waals surface area contributed by atoms with Gasteiger partial charge in [-0.1, -0.05) is 37.3 Å². The Kier molecular flexibility index (Phi) is 4.21. The number of hydrogen-bond acceptors (Lipinski definition) is 3. The minimum atomic E-state index is -3.36. The maximum atomic E-state index is 11.9. The first-order valence-electron chi connectivity index (χ1n) is 6.18. The topological polar surface area (TPSA) is 74.8 Å². The number of nitrogens with zero attached hydrogens (tertiary/aromatic N) is 1. The molecule has 1 aromatic carbocycles. The first kappa shape index (κ1) is 13.6. The highest BCUT2D eigenvalue weighted by molar-refractivity contribution is 7.92. The van der Waals surface area contributed by atoms with Crippen molar-refractivity contribution in [1.29, 1.82) is 0 Å². The van der Waals surface area contributed by atoms with Gasteiger partial charge < -0.3 is 0 Å². The maximum Gasteiger partial charge on any atom is 0.234 e. The lowest BCUT2D eigenvalue weighted by Gasteiger charge is -2.05. The zero-order valence-electron chi connectivity index (χ0n) is 10.8. The highest BCUT2D eigenvalue weighted by atomic mass is 32.2. The summed E-state index contributed by atoms with van der Waals surface area (Å²) in [6, 6.07) is 11.2. The molecule has 0 bridgehead atoms. The van der Waals surface area contributed by atoms with E-state index in [4.69, 9.17) is 0 Å². The highest BCUT2D eigenvalue weighted by Crippen LogP contribution is 2.09. The van der Waals surface area contributed by atoms with Crippen LogP contribution in [0.5, 0.6) is 0 Å². The van der Waals surface area contributed by atoms with Crippen molar-refractivity contribution in [2.45, 2.75) is 19.8 Å². The summed E-state index contributed by atoms with van der Waals surface area (Å²) in [6.45, 7) is 1.97. The number of benzene rings is 1. The molecule has 0 saturated heterocycles. The molecule has 0 unspecified atom stereocenters. The number of H-pyrrole nitrogens is 1. The van der Waals surface area contributed by atoms with Crippen molar-refractivity contribution >= 4 is 15.8 Å². The smallest absolute Gasteiger partial charge is 0.234 e. The third kappa shape index (κ3) is 4.10. The number of aromatic amines is 1. The lowest BCUT2D eigenvalue weighted by atomic mass is 10.2. The van der Waals surface area contributed by atoms with Crippen LogP contribution in [0.3, 0.4) is 0 Å². The monoisotopic (exact) mass is 279 g/mol. The Morgan fingerprint density at radius 1 is 1.26 bits per heavy atom. The first-order chi connectivity index (χ1) is 9.09. The largest absolute Gasteiger partial charge is 0.280 e. The van der Waals surface area contributed by atoms with Crippen LogP contribution in [0.15, 0.2) is 36.4 Å². The molecule has 2 aromatic rings. The fraction of sp³-hybridized carbons (Fsp3) is 0.308. The predicted octanol–water partition coefficient (Wildman–Crippen LogP) is 1.96. The second kappa shape index (κ2) is 5.88. The second-order valence-corrected chi connectivity index (χ2v) is 6.13. The normalized spacial score (nSPS) is 11.4. The van der Waals surface area contributed by atoms with Gasteiger partial charge in [-0.2, -0.15) is 5.10 Å². The molecular formula is C13H17N3O2S. The summed E-state index contributed by atoms with van der Waals surface area (Å²) in [7, 11) is -3.36. The molecule has 0 fully saturated rings. The van der Waals surface area contributed by atoms with Gasteiger partial charge in [0.15, 0.2) is 5.82 Å². The number of nitrogens with one attached hydrogen (secondary N) is 2. The number of aryl methyl sites for hydroxylation is 2. The van der Waals surface area contributed by atoms with Crippen molar-refractivity contribution in [2.75, 3.05) is 10.5 Å². The molecule has 2 rings (SSSR count). The fourth-order valence-corrected chi connectivity index (χ4v) is 2.73. The van der Waals surface area contributed by atoms with Crippen LogP contribution in [0.4, 0.5) is 5.82 Å². The molecule has 2 N–H and O–H groups in total. The number of anilines is 1. The van der Waals surface area contributed by atoms with Crippen LogP contribution in [-0.4, -0.2) is 24.4 Å². The van der Waals surface area contributed by atoms with Gasteiger partial charge in [0.05, 0.1) is 5.75 Å². The van der Waals surface area contributed by atoms with E-state index in [0.717, 1.165) is 17.7 Å². The van der Waals surface area contributed by atoms with E-state index in [-0.39, 0.29) is 5.75 Å². The third-order valence-electron chi connectivity index (χ3n) is 2.77. The third-order valence-corrected chi connectivity index (χ3v) is 4.04. The molecular weight excluding hydrogens is 262 g/mol. The minimum absolute atomic E-state index is 0.0470. The maximum absolute atomic E-state index is 11.9. The van der Waals surface area contributed by atoms with Crippen molar-refractivity contribution in [1.82, 2.24) is 10.2 Å². The molecule has 102 valence electrons. The quantitative estimate of drug-likeness (QED) is 0.848. The zero-order valence-corrected chi connectivity index (χ0v) is 11.6. The first-order valence-corrected chi connectivity index (χ1v) is 7.83. The molecule has 0 amide bonds. The van der Waals surface area contributed by atoms with Crippen molar-refractivity contribution < 1.29 is 8.42 Å². The van der Waals surface area contributed by atoms with Gasteiger partial charge in [0.25, 0.3) is 0 Å². The standard InChI is InChI=1S/C13H17N3O2S/c1-2-12-10-13(15-14-12)16-19(17,18)9-8-11-6-4-3-5-7-11/h3-7,10H,2,8-9H2,1H3,(H2,14,15,16). The van der Waals surface area contributed by atoms with E-state index in [1.165, 1.54) is 0 Å². The summed E-state index contributed by atoms with van der Waals surface area (Å²) in [5.41, 5.74) is 1.91. The molecule has 0 saturated carbocycles. The molecule has 0 aliphatic carbocycles. The Hall–Kier alpha value is -1.82. The summed E-state index contributed by atoms with van der Waals surface area (Å²) in [6.07, 6.45) is 1.28. The van der Waals surface area contributed by atoms with E-state index in [9.17, 15) is 8.42 Å². The van der Waals surface area contributed by atoms with Crippen molar-refractivity contribution in [3.63, 3.8) is 0 Å². The van der Waals surface area contributed by atoms with E-state index >= 15 is 0 Å². The summed E-state index contributed by atoms with van der Waals surface area (Å²) in [4.78, 5) is 0. The summed E-state index contributed by atoms with van der Waals surface area (Å²) in [5, 5.41) is 6.69. The van der Waals surface area contributed by atoms with Crippen molar-refractivity contribution in [2.24, 2.45) is 0 Å². The molecule has 19 heavy (non-hydrogen) atoms. The van der Waals surface area contributed by atoms with Crippen LogP contribution in [0.25, 0.3) is 0 Å². The van der Waals surface area contributed by atoms with E-state index in [0.29, 0.717) is 12.2 Å². The van der Waals surface area contributed by atoms with Crippen LogP contribution in [0, 0.1) is 0 Å². The molecule has 0 radical (unpaired) electrons. The fourth-order valence-electron chi connectivity index (χ4n) is 1.70. The van der Waals surface area contributed by atoms with Gasteiger partial charge in [0.1, 0.15) is 0 Å². The lowest BCUT2D eigenvalue weighted by Crippen LogP contribution is -2.18. The Morgan fingerprint density at radius 3 is 2.63 bits per heavy atom. The molecule has 6 heteroatoms. The Morgan fingerprint density at radius 2 is 2.00 bits per heavy atom. The predicted molar refractivity (Wildman–Crippen MR) is 75.5 cm³/mol. The van der Waals surface area contributed by atoms with E-state index in [2.05, 4.69) is 14.9 Å². The SMILES string of the molecule is CCc1cc(NS(=O)(=O)CCc2ccccc2)n[nH]1. The number of sulfonamides is 1. The number of aromatic nitrogens is 2. The summed E-state index contributed by atoms with van der Waals surface area (Å²) < 4.78 is 26.3. The molecule has 0 spiro atoms. The van der Waals surface area contributed by atoms with E-state index in [1.54, 1.807) is 6.07 Å². The van der Waals surface area contributed by atoms with Crippen molar-refractivity contribution in [3.05, 3.63) is 47.7 Å². The summed E-state index contributed by atoms with van der Waals surface area (Å²) in [5.74, 6) is 0.399. The van der Waals surface area contributed by atoms with Gasteiger partial charge in [-0.05, 0) is 18.4 Å². The molecule has 1 aromatic heterocycles. The average Bonchev–Trinajstić information content (AvgIpc) is 2.85. The van der Waals surface area contributed by atoms with Gasteiger partial charge in [-0.15, -0.1) is 0 Å². The van der Waals surface area contributed by atoms with E-state index < -0.39 is 10.0 Å². The van der Waals surface area contributed by atoms with Gasteiger partial charge >= 0.3 is 0 Å². The molecule has 0 atom stereocenters. The molecule has 0 aliphatic heterocycles. The Balaban J connectivity index is 1.95. The van der Waals surface area contributed by atoms with Gasteiger partial charge in [0.2, 0.25) is 10.0 Å². The van der Waals surface area contributed by atoms with Gasteiger partial charge in [-0.3, -0.25) is 9.82 Å². The van der Waals surface area contributed by atoms with Crippen LogP contribution in [-0.2, 0) is 22.9 Å². The van der Waals surface area contributed by atoms with E-state index in [1.807, 2.05) is 37.3 Å². The Bertz CT molecular complexity index is 620.